The zero-order chi connectivity index (χ0) is 26.4. The van der Waals surface area contributed by atoms with Crippen LogP contribution in [0.5, 0.6) is 0 Å². The summed E-state index contributed by atoms with van der Waals surface area (Å²) in [6, 6.07) is 19.4. The van der Waals surface area contributed by atoms with Crippen molar-refractivity contribution in [3.05, 3.63) is 93.6 Å². The maximum Gasteiger partial charge on any atom is 0.356 e. The third-order valence-electron chi connectivity index (χ3n) is 5.84. The van der Waals surface area contributed by atoms with E-state index in [1.807, 2.05) is 31.2 Å². The molecule has 0 unspecified atom stereocenters. The Morgan fingerprint density at radius 3 is 2.27 bits per heavy atom. The van der Waals surface area contributed by atoms with Gasteiger partial charge in [0, 0.05) is 22.0 Å². The number of hydroxylamine groups is 1. The van der Waals surface area contributed by atoms with E-state index in [4.69, 9.17) is 43.1 Å². The van der Waals surface area contributed by atoms with Crippen molar-refractivity contribution in [2.75, 3.05) is 0 Å². The van der Waals surface area contributed by atoms with Crippen LogP contribution in [0.15, 0.2) is 66.7 Å². The number of aliphatic carboxylic acids is 1. The molecular formula is C28H25Cl2N3O4. The summed E-state index contributed by atoms with van der Waals surface area (Å²) < 4.78 is 0. The summed E-state index contributed by atoms with van der Waals surface area (Å²) in [5.41, 5.74) is 7.47. The Kier molecular flexibility index (Phi) is 8.71. The quantitative estimate of drug-likeness (QED) is 0.169. The predicted molar refractivity (Wildman–Crippen MR) is 144 cm³/mol. The maximum atomic E-state index is 12.7. The number of aromatic nitrogens is 2. The number of aryl methyl sites for hydroxylation is 1. The number of nitrogens with one attached hydrogen (secondary N) is 1. The van der Waals surface area contributed by atoms with Crippen molar-refractivity contribution >= 4 is 46.2 Å². The Labute approximate surface area is 224 Å². The summed E-state index contributed by atoms with van der Waals surface area (Å²) in [6.07, 6.45) is 1.80. The van der Waals surface area contributed by atoms with Gasteiger partial charge in [-0.1, -0.05) is 47.5 Å². The zero-order valence-corrected chi connectivity index (χ0v) is 21.6. The SMILES string of the molecule is C[C@@H](NOC(=O)c1ccc2nc(-c3ccc(Cl)cc3)c(CCCCC(=O)O)nc2c1)c1ccc(Cl)cc1. The summed E-state index contributed by atoms with van der Waals surface area (Å²) in [6.45, 7) is 1.87. The van der Waals surface area contributed by atoms with E-state index >= 15 is 0 Å². The van der Waals surface area contributed by atoms with E-state index in [1.54, 1.807) is 42.5 Å². The lowest BCUT2D eigenvalue weighted by Gasteiger charge is -2.14. The van der Waals surface area contributed by atoms with Gasteiger partial charge in [-0.2, -0.15) is 0 Å². The van der Waals surface area contributed by atoms with Crippen LogP contribution in [-0.2, 0) is 16.1 Å². The van der Waals surface area contributed by atoms with Crippen LogP contribution in [0.3, 0.4) is 0 Å². The van der Waals surface area contributed by atoms with Crippen LogP contribution in [0, 0.1) is 0 Å². The second kappa shape index (κ2) is 12.1. The number of carbonyl (C=O) groups excluding carboxylic acids is 1. The lowest BCUT2D eigenvalue weighted by Crippen LogP contribution is -2.23. The van der Waals surface area contributed by atoms with Crippen LogP contribution in [0.1, 0.15) is 53.8 Å². The molecule has 190 valence electrons. The monoisotopic (exact) mass is 537 g/mol. The fourth-order valence-corrected chi connectivity index (χ4v) is 4.07. The van der Waals surface area contributed by atoms with Gasteiger partial charge in [0.05, 0.1) is 34.0 Å². The van der Waals surface area contributed by atoms with Gasteiger partial charge in [-0.05, 0) is 74.2 Å². The van der Waals surface area contributed by atoms with Crippen LogP contribution in [0.25, 0.3) is 22.3 Å². The van der Waals surface area contributed by atoms with Gasteiger partial charge in [-0.25, -0.2) is 14.8 Å². The predicted octanol–water partition coefficient (Wildman–Crippen LogP) is 6.82. The number of hydrogen-bond donors (Lipinski definition) is 2. The Bertz CT molecular complexity index is 1410. The van der Waals surface area contributed by atoms with Crippen LogP contribution < -0.4 is 5.48 Å². The average Bonchev–Trinajstić information content (AvgIpc) is 2.89. The number of carbonyl (C=O) groups is 2. The second-order valence-electron chi connectivity index (χ2n) is 8.61. The number of halogens is 2. The second-order valence-corrected chi connectivity index (χ2v) is 9.48. The third kappa shape index (κ3) is 7.04. The normalized spacial score (nSPS) is 11.9. The first-order chi connectivity index (χ1) is 17.8. The molecule has 2 N–H and O–H groups in total. The van der Waals surface area contributed by atoms with Gasteiger partial charge in [0.2, 0.25) is 0 Å². The molecule has 4 aromatic rings. The van der Waals surface area contributed by atoms with E-state index in [2.05, 4.69) is 5.48 Å². The Balaban J connectivity index is 1.56. The highest BCUT2D eigenvalue weighted by Crippen LogP contribution is 2.27. The number of benzene rings is 3. The highest BCUT2D eigenvalue weighted by molar-refractivity contribution is 6.30. The zero-order valence-electron chi connectivity index (χ0n) is 20.1. The molecular weight excluding hydrogens is 513 g/mol. The summed E-state index contributed by atoms with van der Waals surface area (Å²) in [4.78, 5) is 38.6. The van der Waals surface area contributed by atoms with Crippen LogP contribution >= 0.6 is 23.2 Å². The van der Waals surface area contributed by atoms with Gasteiger partial charge >= 0.3 is 11.9 Å². The van der Waals surface area contributed by atoms with Gasteiger partial charge in [0.15, 0.2) is 0 Å². The molecule has 7 nitrogen and oxygen atoms in total. The molecule has 0 saturated heterocycles. The molecule has 1 atom stereocenters. The highest BCUT2D eigenvalue weighted by Gasteiger charge is 2.16. The van der Waals surface area contributed by atoms with Crippen molar-refractivity contribution in [1.29, 1.82) is 0 Å². The Hall–Kier alpha value is -3.52. The minimum atomic E-state index is -0.829. The number of carboxylic acid groups (broad SMARTS) is 1. The summed E-state index contributed by atoms with van der Waals surface area (Å²) >= 11 is 12.0. The molecule has 0 radical (unpaired) electrons. The van der Waals surface area contributed by atoms with E-state index in [0.717, 1.165) is 16.8 Å². The Morgan fingerprint density at radius 2 is 1.59 bits per heavy atom. The molecule has 3 aromatic carbocycles. The fraction of sp³-hybridized carbons (Fsp3) is 0.214. The molecule has 0 aliphatic rings. The number of nitrogens with zero attached hydrogens (tertiary/aromatic N) is 2. The van der Waals surface area contributed by atoms with Crippen LogP contribution in [0.2, 0.25) is 10.0 Å². The molecule has 0 fully saturated rings. The summed E-state index contributed by atoms with van der Waals surface area (Å²) in [5.74, 6) is -1.38. The van der Waals surface area contributed by atoms with Gasteiger partial charge in [-0.3, -0.25) is 4.79 Å². The summed E-state index contributed by atoms with van der Waals surface area (Å²) in [7, 11) is 0. The van der Waals surface area contributed by atoms with Crippen molar-refractivity contribution in [2.45, 2.75) is 38.6 Å². The molecule has 0 bridgehead atoms. The largest absolute Gasteiger partial charge is 0.481 e. The van der Waals surface area contributed by atoms with E-state index in [-0.39, 0.29) is 12.5 Å². The first kappa shape index (κ1) is 26.5. The molecule has 0 saturated carbocycles. The highest BCUT2D eigenvalue weighted by atomic mass is 35.5. The minimum absolute atomic E-state index is 0.0920. The fourth-order valence-electron chi connectivity index (χ4n) is 3.82. The number of hydrogen-bond acceptors (Lipinski definition) is 6. The molecule has 0 aliphatic carbocycles. The van der Waals surface area contributed by atoms with E-state index in [0.29, 0.717) is 51.6 Å². The lowest BCUT2D eigenvalue weighted by molar-refractivity contribution is -0.137. The molecule has 4 rings (SSSR count). The molecule has 0 aliphatic heterocycles. The lowest BCUT2D eigenvalue weighted by atomic mass is 10.0. The van der Waals surface area contributed by atoms with Crippen molar-refractivity contribution < 1.29 is 19.5 Å². The third-order valence-corrected chi connectivity index (χ3v) is 6.35. The molecule has 0 spiro atoms. The average molecular weight is 538 g/mol. The van der Waals surface area contributed by atoms with Gasteiger partial charge in [0.25, 0.3) is 0 Å². The number of unbranched alkanes of at least 4 members (excludes halogenated alkanes) is 1. The van der Waals surface area contributed by atoms with Crippen molar-refractivity contribution in [2.24, 2.45) is 0 Å². The van der Waals surface area contributed by atoms with Crippen LogP contribution in [-0.4, -0.2) is 27.0 Å². The van der Waals surface area contributed by atoms with Crippen molar-refractivity contribution in [3.8, 4) is 11.3 Å². The van der Waals surface area contributed by atoms with Gasteiger partial charge in [0.1, 0.15) is 0 Å². The molecule has 1 aromatic heterocycles. The molecule has 1 heterocycles. The van der Waals surface area contributed by atoms with E-state index in [9.17, 15) is 9.59 Å². The number of fused-ring (bicyclic) bond motifs is 1. The first-order valence-electron chi connectivity index (χ1n) is 11.8. The van der Waals surface area contributed by atoms with Crippen molar-refractivity contribution in [1.82, 2.24) is 15.4 Å². The molecule has 37 heavy (non-hydrogen) atoms. The van der Waals surface area contributed by atoms with E-state index in [1.165, 1.54) is 0 Å². The molecule has 0 amide bonds. The number of rotatable bonds is 10. The minimum Gasteiger partial charge on any atom is -0.481 e. The number of carboxylic acids is 1. The smallest absolute Gasteiger partial charge is 0.356 e. The molecule has 9 heteroatoms. The topological polar surface area (TPSA) is 101 Å². The maximum absolute atomic E-state index is 12.7. The summed E-state index contributed by atoms with van der Waals surface area (Å²) in [5, 5.41) is 10.2. The van der Waals surface area contributed by atoms with Crippen LogP contribution in [0.4, 0.5) is 0 Å². The van der Waals surface area contributed by atoms with Gasteiger partial charge in [-0.15, -0.1) is 5.48 Å². The standard InChI is InChI=1S/C28H25Cl2N3O4/c1-17(18-6-11-21(29)12-7-18)33-37-28(36)20-10-15-23-25(16-20)31-24(4-2-3-5-26(34)35)27(32-23)19-8-13-22(30)14-9-19/h6-17,33H,2-5H2,1H3,(H,34,35)/t17-/m1/s1. The first-order valence-corrected chi connectivity index (χ1v) is 12.6. The van der Waals surface area contributed by atoms with Crippen molar-refractivity contribution in [3.63, 3.8) is 0 Å². The van der Waals surface area contributed by atoms with Gasteiger partial charge < -0.3 is 9.94 Å². The van der Waals surface area contributed by atoms with E-state index < -0.39 is 11.9 Å². The Morgan fingerprint density at radius 1 is 0.919 bits per heavy atom.